The van der Waals surface area contributed by atoms with E-state index < -0.39 is 0 Å². The van der Waals surface area contributed by atoms with Crippen LogP contribution in [0, 0.1) is 11.8 Å². The van der Waals surface area contributed by atoms with Crippen LogP contribution in [0.1, 0.15) is 221 Å². The summed E-state index contributed by atoms with van der Waals surface area (Å²) in [5.41, 5.74) is 0. The van der Waals surface area contributed by atoms with Crippen LogP contribution in [0.15, 0.2) is 0 Å². The largest absolute Gasteiger partial charge is 0.179 e. The van der Waals surface area contributed by atoms with Crippen molar-refractivity contribution < 1.29 is 0 Å². The average molecular weight is 750 g/mol. The van der Waals surface area contributed by atoms with Crippen LogP contribution in [0.4, 0.5) is 0 Å². The molecule has 0 fully saturated rings. The minimum absolute atomic E-state index is 0.0570. The van der Waals surface area contributed by atoms with Gasteiger partial charge in [0.15, 0.2) is 0 Å². The Labute approximate surface area is 298 Å². The van der Waals surface area contributed by atoms with E-state index in [4.69, 9.17) is 0 Å². The van der Waals surface area contributed by atoms with Gasteiger partial charge in [-0.3, -0.25) is 0 Å². The Morgan fingerprint density at radius 1 is 0.349 bits per heavy atom. The smallest absolute Gasteiger partial charge is 0.00979 e. The van der Waals surface area contributed by atoms with Crippen molar-refractivity contribution in [3.63, 3.8) is 0 Å². The summed E-state index contributed by atoms with van der Waals surface area (Å²) in [6, 6.07) is 0. The van der Waals surface area contributed by atoms with Gasteiger partial charge in [0.05, 0.1) is 0 Å². The molecule has 0 atom stereocenters. The van der Waals surface area contributed by atoms with Crippen LogP contribution in [0.5, 0.6) is 0 Å². The number of rotatable bonds is 32. The number of hydrogen-bond acceptors (Lipinski definition) is 2. The zero-order valence-electron chi connectivity index (χ0n) is 31.2. The average Bonchev–Trinajstić information content (AvgIpc) is 2.98. The van der Waals surface area contributed by atoms with Gasteiger partial charge in [0.2, 0.25) is 0 Å². The molecule has 0 bridgehead atoms. The Morgan fingerprint density at radius 2 is 0.605 bits per heavy atom. The monoisotopic (exact) mass is 751 g/mol. The molecule has 0 aromatic heterocycles. The van der Waals surface area contributed by atoms with Crippen molar-refractivity contribution in [3.8, 4) is 0 Å². The summed E-state index contributed by atoms with van der Waals surface area (Å²) in [5.74, 6) is 3.96. The zero-order valence-corrected chi connectivity index (χ0v) is 35.8. The Balaban J connectivity index is -0.000000566. The van der Waals surface area contributed by atoms with E-state index in [9.17, 15) is 0 Å². The third-order valence-electron chi connectivity index (χ3n) is 8.29. The summed E-state index contributed by atoms with van der Waals surface area (Å²) in [4.78, 5) is 0. The molecule has 43 heavy (non-hydrogen) atoms. The predicted molar refractivity (Wildman–Crippen MR) is 213 cm³/mol. The molecule has 0 saturated heterocycles. The van der Waals surface area contributed by atoms with Crippen molar-refractivity contribution in [2.24, 2.45) is 11.8 Å². The van der Waals surface area contributed by atoms with E-state index in [0.717, 1.165) is 23.3 Å². The molecule has 0 amide bonds. The van der Waals surface area contributed by atoms with Crippen LogP contribution in [-0.4, -0.2) is 32.6 Å². The fourth-order valence-corrected chi connectivity index (χ4v) is 9.30. The molecule has 3 heteroatoms. The SMILES string of the molecule is CC(C)CCCC[CH2][Sn][CH2]CCCCC(C)C.CCCCCCCCCCCCS.CCCCCCCCCCCCS. The minimum atomic E-state index is 0.0570. The molecule has 0 spiro atoms. The molecule has 0 unspecified atom stereocenters. The molecule has 0 rings (SSSR count). The topological polar surface area (TPSA) is 0 Å². The first-order valence-electron chi connectivity index (χ1n) is 19.9. The predicted octanol–water partition coefficient (Wildman–Crippen LogP) is 15.6. The van der Waals surface area contributed by atoms with Crippen LogP contribution < -0.4 is 0 Å². The number of thiol groups is 2. The van der Waals surface area contributed by atoms with Gasteiger partial charge in [0, 0.05) is 0 Å². The number of hydrogen-bond donors (Lipinski definition) is 2. The van der Waals surface area contributed by atoms with Gasteiger partial charge in [0.25, 0.3) is 0 Å². The van der Waals surface area contributed by atoms with Gasteiger partial charge in [0.1, 0.15) is 0 Å². The van der Waals surface area contributed by atoms with E-state index in [1.54, 1.807) is 21.7 Å². The van der Waals surface area contributed by atoms with Crippen molar-refractivity contribution in [1.82, 2.24) is 0 Å². The second-order valence-corrected chi connectivity index (χ2v) is 19.2. The first-order valence-corrected chi connectivity index (χ1v) is 25.2. The van der Waals surface area contributed by atoms with Gasteiger partial charge in [-0.15, -0.1) is 0 Å². The van der Waals surface area contributed by atoms with Gasteiger partial charge in [-0.25, -0.2) is 0 Å². The van der Waals surface area contributed by atoms with Gasteiger partial charge in [-0.05, 0) is 24.3 Å². The van der Waals surface area contributed by atoms with E-state index in [-0.39, 0.29) is 21.1 Å². The van der Waals surface area contributed by atoms with Crippen molar-refractivity contribution in [1.29, 1.82) is 0 Å². The fraction of sp³-hybridized carbons (Fsp3) is 1.00. The number of unbranched alkanes of at least 4 members (excludes halogenated alkanes) is 22. The van der Waals surface area contributed by atoms with Gasteiger partial charge >= 0.3 is 121 Å². The zero-order chi connectivity index (χ0) is 32.5. The van der Waals surface area contributed by atoms with Gasteiger partial charge < -0.3 is 0 Å². The molecular weight excluding hydrogens is 663 g/mol. The Morgan fingerprint density at radius 3 is 0.860 bits per heavy atom. The second-order valence-electron chi connectivity index (χ2n) is 14.0. The summed E-state index contributed by atoms with van der Waals surface area (Å²) in [7, 11) is 0. The van der Waals surface area contributed by atoms with Gasteiger partial charge in [-0.2, -0.15) is 25.3 Å². The van der Waals surface area contributed by atoms with Crippen LogP contribution in [0.3, 0.4) is 0 Å². The third-order valence-corrected chi connectivity index (χ3v) is 13.0. The molecule has 0 heterocycles. The third kappa shape index (κ3) is 59.4. The molecule has 262 valence electrons. The fourth-order valence-electron chi connectivity index (χ4n) is 5.28. The Bertz CT molecular complexity index is 369. The maximum atomic E-state index is 4.20. The second kappa shape index (κ2) is 47.9. The molecule has 0 N–H and O–H groups in total. The summed E-state index contributed by atoms with van der Waals surface area (Å²) in [6.45, 7) is 13.9. The standard InChI is InChI=1S/2C12H26S.2C8H17.Sn/c2*1-2-3-4-5-6-7-8-9-10-11-12-13;2*1-4-5-6-7-8(2)3;/h2*13H,2-12H2,1H3;2*8H,1,4-7H2,2-3H3;. The molecule has 0 aliphatic rings. The maximum absolute atomic E-state index is 4.20. The first kappa shape index (κ1) is 48.9. The van der Waals surface area contributed by atoms with E-state index in [2.05, 4.69) is 66.8 Å². The van der Waals surface area contributed by atoms with Crippen LogP contribution in [0.25, 0.3) is 0 Å². The van der Waals surface area contributed by atoms with E-state index in [0.29, 0.717) is 0 Å². The Hall–Kier alpha value is 1.50. The van der Waals surface area contributed by atoms with Crippen LogP contribution in [0.2, 0.25) is 8.87 Å². The first-order chi connectivity index (χ1) is 21.0. The summed E-state index contributed by atoms with van der Waals surface area (Å²) < 4.78 is 3.29. The van der Waals surface area contributed by atoms with Crippen molar-refractivity contribution in [2.75, 3.05) is 11.5 Å². The maximum Gasteiger partial charge on any atom is -0.00979 e. The van der Waals surface area contributed by atoms with Crippen molar-refractivity contribution >= 4 is 46.4 Å². The van der Waals surface area contributed by atoms with E-state index in [1.165, 1.54) is 167 Å². The summed E-state index contributed by atoms with van der Waals surface area (Å²) >= 11 is 8.46. The van der Waals surface area contributed by atoms with E-state index >= 15 is 0 Å². The van der Waals surface area contributed by atoms with E-state index in [1.807, 2.05) is 0 Å². The van der Waals surface area contributed by atoms with Crippen molar-refractivity contribution in [2.45, 2.75) is 230 Å². The van der Waals surface area contributed by atoms with Crippen molar-refractivity contribution in [3.05, 3.63) is 0 Å². The van der Waals surface area contributed by atoms with Gasteiger partial charge in [-0.1, -0.05) is 129 Å². The molecule has 0 aliphatic heterocycles. The quantitative estimate of drug-likeness (QED) is 0.0382. The van der Waals surface area contributed by atoms with Crippen LogP contribution in [-0.2, 0) is 0 Å². The van der Waals surface area contributed by atoms with Crippen LogP contribution >= 0.6 is 25.3 Å². The Kier molecular flexibility index (Phi) is 54.5. The molecular formula is C40H86S2Sn. The molecule has 0 aromatic rings. The molecule has 0 aromatic carbocycles. The molecule has 0 nitrogen and oxygen atoms in total. The normalized spacial score (nSPS) is 11.0. The minimum Gasteiger partial charge on any atom is -0.179 e. The summed E-state index contributed by atoms with van der Waals surface area (Å²) in [5, 5.41) is 0. The summed E-state index contributed by atoms with van der Waals surface area (Å²) in [6.07, 6.45) is 40.3. The molecule has 0 saturated carbocycles. The molecule has 0 aliphatic carbocycles. The molecule has 2 radical (unpaired) electrons.